The first-order chi connectivity index (χ1) is 16.1. The molecule has 2 nitrogen and oxygen atoms in total. The lowest BCUT2D eigenvalue weighted by Crippen LogP contribution is -1.98. The Balaban J connectivity index is 1.65. The predicted molar refractivity (Wildman–Crippen MR) is 132 cm³/mol. The summed E-state index contributed by atoms with van der Waals surface area (Å²) in [5, 5.41) is 0. The molecule has 0 aromatic heterocycles. The van der Waals surface area contributed by atoms with Crippen molar-refractivity contribution in [3.8, 4) is 33.8 Å². The molecule has 0 N–H and O–H groups in total. The van der Waals surface area contributed by atoms with Crippen molar-refractivity contribution in [3.05, 3.63) is 72.3 Å². The number of halogens is 2. The van der Waals surface area contributed by atoms with Crippen LogP contribution in [0, 0.1) is 11.6 Å². The van der Waals surface area contributed by atoms with Gasteiger partial charge in [-0.25, -0.2) is 8.78 Å². The number of ether oxygens (including phenoxy) is 2. The quantitative estimate of drug-likeness (QED) is 0.241. The van der Waals surface area contributed by atoms with Crippen LogP contribution in [-0.4, -0.2) is 13.2 Å². The van der Waals surface area contributed by atoms with E-state index in [2.05, 4.69) is 13.8 Å². The van der Waals surface area contributed by atoms with E-state index >= 15 is 0 Å². The summed E-state index contributed by atoms with van der Waals surface area (Å²) in [6.07, 6.45) is 7.94. The molecule has 0 heterocycles. The van der Waals surface area contributed by atoms with Crippen LogP contribution >= 0.6 is 0 Å². The average molecular weight is 453 g/mol. The van der Waals surface area contributed by atoms with E-state index in [9.17, 15) is 8.78 Å². The molecule has 3 aromatic carbocycles. The molecule has 0 bridgehead atoms. The van der Waals surface area contributed by atoms with Crippen LogP contribution in [0.2, 0.25) is 0 Å². The molecule has 0 saturated carbocycles. The normalized spacial score (nSPS) is 10.9. The minimum Gasteiger partial charge on any atom is -0.494 e. The third-order valence-corrected chi connectivity index (χ3v) is 5.70. The van der Waals surface area contributed by atoms with Crippen LogP contribution in [0.15, 0.2) is 60.7 Å². The molecule has 4 heteroatoms. The molecule has 0 atom stereocenters. The second-order valence-electron chi connectivity index (χ2n) is 8.30. The van der Waals surface area contributed by atoms with Crippen LogP contribution in [0.1, 0.15) is 58.8 Å². The molecular formula is C29H34F2O2. The molecular weight excluding hydrogens is 418 g/mol. The largest absolute Gasteiger partial charge is 0.494 e. The van der Waals surface area contributed by atoms with E-state index in [0.29, 0.717) is 24.3 Å². The van der Waals surface area contributed by atoms with E-state index in [0.717, 1.165) is 37.2 Å². The van der Waals surface area contributed by atoms with Gasteiger partial charge in [0.05, 0.1) is 13.2 Å². The maximum atomic E-state index is 14.9. The summed E-state index contributed by atoms with van der Waals surface area (Å²) in [4.78, 5) is 0. The Morgan fingerprint density at radius 2 is 0.939 bits per heavy atom. The summed E-state index contributed by atoms with van der Waals surface area (Å²) in [5.41, 5.74) is 1.71. The van der Waals surface area contributed by atoms with Gasteiger partial charge in [0.15, 0.2) is 11.6 Å². The third-order valence-electron chi connectivity index (χ3n) is 5.70. The Kier molecular flexibility index (Phi) is 9.74. The molecule has 3 aromatic rings. The van der Waals surface area contributed by atoms with Crippen LogP contribution in [0.25, 0.3) is 22.3 Å². The lowest BCUT2D eigenvalue weighted by molar-refractivity contribution is 0.304. The first-order valence-corrected chi connectivity index (χ1v) is 12.1. The van der Waals surface area contributed by atoms with E-state index < -0.39 is 11.6 Å². The monoisotopic (exact) mass is 452 g/mol. The highest BCUT2D eigenvalue weighted by Gasteiger charge is 2.16. The molecule has 33 heavy (non-hydrogen) atoms. The number of hydrogen-bond acceptors (Lipinski definition) is 2. The maximum Gasteiger partial charge on any atom is 0.167 e. The molecule has 0 aliphatic rings. The zero-order valence-electron chi connectivity index (χ0n) is 19.7. The molecule has 0 radical (unpaired) electrons. The zero-order valence-corrected chi connectivity index (χ0v) is 19.7. The minimum absolute atomic E-state index is 0.236. The highest BCUT2D eigenvalue weighted by Crippen LogP contribution is 2.33. The van der Waals surface area contributed by atoms with Crippen molar-refractivity contribution >= 4 is 0 Å². The Hall–Kier alpha value is -2.88. The van der Waals surface area contributed by atoms with E-state index in [1.165, 1.54) is 19.3 Å². The van der Waals surface area contributed by atoms with Gasteiger partial charge in [-0.3, -0.25) is 0 Å². The molecule has 176 valence electrons. The van der Waals surface area contributed by atoms with Gasteiger partial charge in [0.25, 0.3) is 0 Å². The SMILES string of the molecule is CCCCCCCOc1ccc(-c2ccc(-c3ccc(OCCCC)cc3)c(F)c2F)cc1. The van der Waals surface area contributed by atoms with Crippen LogP contribution < -0.4 is 9.47 Å². The van der Waals surface area contributed by atoms with Crippen molar-refractivity contribution in [2.45, 2.75) is 58.8 Å². The van der Waals surface area contributed by atoms with Crippen LogP contribution in [0.4, 0.5) is 8.78 Å². The number of unbranched alkanes of at least 4 members (excludes halogenated alkanes) is 5. The summed E-state index contributed by atoms with van der Waals surface area (Å²) in [6, 6.07) is 17.5. The highest BCUT2D eigenvalue weighted by atomic mass is 19.2. The molecule has 3 rings (SSSR count). The summed E-state index contributed by atoms with van der Waals surface area (Å²) < 4.78 is 41.3. The number of rotatable bonds is 13. The maximum absolute atomic E-state index is 14.9. The first-order valence-electron chi connectivity index (χ1n) is 12.1. The lowest BCUT2D eigenvalue weighted by atomic mass is 9.98. The summed E-state index contributed by atoms with van der Waals surface area (Å²) in [6.45, 7) is 5.62. The fraction of sp³-hybridized carbons (Fsp3) is 0.379. The van der Waals surface area contributed by atoms with Gasteiger partial charge in [0, 0.05) is 11.1 Å². The Morgan fingerprint density at radius 3 is 1.39 bits per heavy atom. The van der Waals surface area contributed by atoms with Crippen molar-refractivity contribution in [1.29, 1.82) is 0 Å². The summed E-state index contributed by atoms with van der Waals surface area (Å²) in [5.74, 6) is -0.221. The van der Waals surface area contributed by atoms with E-state index in [4.69, 9.17) is 9.47 Å². The average Bonchev–Trinajstić information content (AvgIpc) is 2.84. The summed E-state index contributed by atoms with van der Waals surface area (Å²) >= 11 is 0. The Morgan fingerprint density at radius 1 is 0.515 bits per heavy atom. The summed E-state index contributed by atoms with van der Waals surface area (Å²) in [7, 11) is 0. The topological polar surface area (TPSA) is 18.5 Å². The molecule has 0 aliphatic heterocycles. The molecule has 0 aliphatic carbocycles. The van der Waals surface area contributed by atoms with Crippen LogP contribution in [0.3, 0.4) is 0 Å². The van der Waals surface area contributed by atoms with Gasteiger partial charge in [0.1, 0.15) is 11.5 Å². The van der Waals surface area contributed by atoms with E-state index in [1.807, 2.05) is 12.1 Å². The molecule has 0 fully saturated rings. The van der Waals surface area contributed by atoms with Gasteiger partial charge in [-0.05, 0) is 48.2 Å². The fourth-order valence-corrected chi connectivity index (χ4v) is 3.69. The molecule has 0 spiro atoms. The van der Waals surface area contributed by atoms with Crippen molar-refractivity contribution in [2.75, 3.05) is 13.2 Å². The fourth-order valence-electron chi connectivity index (χ4n) is 3.69. The number of hydrogen-bond donors (Lipinski definition) is 0. The predicted octanol–water partition coefficient (Wildman–Crippen LogP) is 8.83. The molecule has 0 unspecified atom stereocenters. The molecule has 0 saturated heterocycles. The van der Waals surface area contributed by atoms with Crippen molar-refractivity contribution in [3.63, 3.8) is 0 Å². The van der Waals surface area contributed by atoms with Crippen molar-refractivity contribution in [2.24, 2.45) is 0 Å². The van der Waals surface area contributed by atoms with Gasteiger partial charge in [-0.2, -0.15) is 0 Å². The van der Waals surface area contributed by atoms with Crippen molar-refractivity contribution < 1.29 is 18.3 Å². The standard InChI is InChI=1S/C29H34F2O2/c1-3-5-7-8-9-21-33-25-16-12-23(13-17-25)27-19-18-26(28(30)29(27)31)22-10-14-24(15-11-22)32-20-6-4-2/h10-19H,3-9,20-21H2,1-2H3. The highest BCUT2D eigenvalue weighted by molar-refractivity contribution is 5.72. The van der Waals surface area contributed by atoms with Gasteiger partial charge in [-0.15, -0.1) is 0 Å². The van der Waals surface area contributed by atoms with Gasteiger partial charge < -0.3 is 9.47 Å². The second-order valence-corrected chi connectivity index (χ2v) is 8.30. The van der Waals surface area contributed by atoms with Crippen molar-refractivity contribution in [1.82, 2.24) is 0 Å². The second kappa shape index (κ2) is 13.0. The van der Waals surface area contributed by atoms with E-state index in [-0.39, 0.29) is 11.1 Å². The van der Waals surface area contributed by atoms with E-state index in [1.54, 1.807) is 48.5 Å². The molecule has 0 amide bonds. The van der Waals surface area contributed by atoms with Gasteiger partial charge in [-0.1, -0.05) is 82.3 Å². The Labute approximate surface area is 196 Å². The number of benzene rings is 3. The minimum atomic E-state index is -0.848. The first kappa shape index (κ1) is 24.8. The van der Waals surface area contributed by atoms with Gasteiger partial charge in [0.2, 0.25) is 0 Å². The smallest absolute Gasteiger partial charge is 0.167 e. The lowest BCUT2D eigenvalue weighted by Gasteiger charge is -2.11. The van der Waals surface area contributed by atoms with Gasteiger partial charge >= 0.3 is 0 Å². The zero-order chi connectivity index (χ0) is 23.5. The van der Waals surface area contributed by atoms with Crippen LogP contribution in [-0.2, 0) is 0 Å². The Bertz CT molecular complexity index is 982. The van der Waals surface area contributed by atoms with Crippen LogP contribution in [0.5, 0.6) is 11.5 Å². The third kappa shape index (κ3) is 7.05.